The minimum absolute atomic E-state index is 0.131. The summed E-state index contributed by atoms with van der Waals surface area (Å²) in [6.07, 6.45) is 2.69. The Bertz CT molecular complexity index is 1240. The second kappa shape index (κ2) is 10.3. The largest absolute Gasteiger partial charge is 0.478 e. The number of nitrogens with zero attached hydrogens (tertiary/aromatic N) is 3. The molecule has 0 bridgehead atoms. The Morgan fingerprint density at radius 2 is 1.91 bits per heavy atom. The van der Waals surface area contributed by atoms with Gasteiger partial charge in [-0.15, -0.1) is 0 Å². The number of ether oxygens (including phenoxy) is 1. The van der Waals surface area contributed by atoms with Crippen LogP contribution in [0.5, 0.6) is 0 Å². The van der Waals surface area contributed by atoms with E-state index in [-0.39, 0.29) is 23.6 Å². The normalized spacial score (nSPS) is 17.3. The minimum Gasteiger partial charge on any atom is -0.478 e. The molecule has 1 fully saturated rings. The molecule has 0 unspecified atom stereocenters. The molecule has 3 aromatic rings. The summed E-state index contributed by atoms with van der Waals surface area (Å²) in [6, 6.07) is 14.5. The molecule has 8 nitrogen and oxygen atoms in total. The lowest BCUT2D eigenvalue weighted by molar-refractivity contribution is -0.140. The van der Waals surface area contributed by atoms with Crippen molar-refractivity contribution in [3.8, 4) is 5.69 Å². The fourth-order valence-corrected chi connectivity index (χ4v) is 5.05. The molecule has 9 heteroatoms. The lowest BCUT2D eigenvalue weighted by Crippen LogP contribution is -2.31. The number of aromatic carboxylic acids is 1. The summed E-state index contributed by atoms with van der Waals surface area (Å²) in [7, 11) is 1.39. The summed E-state index contributed by atoms with van der Waals surface area (Å²) in [6.45, 7) is 4.67. The fraction of sp³-hybridized carbons (Fsp3) is 0.308. The van der Waals surface area contributed by atoms with Crippen LogP contribution in [0.3, 0.4) is 0 Å². The van der Waals surface area contributed by atoms with Crippen molar-refractivity contribution < 1.29 is 19.4 Å². The average molecular weight is 493 g/mol. The van der Waals surface area contributed by atoms with Crippen LogP contribution in [0.2, 0.25) is 0 Å². The smallest absolute Gasteiger partial charge is 0.335 e. The number of esters is 1. The summed E-state index contributed by atoms with van der Waals surface area (Å²) < 4.78 is 6.91. The van der Waals surface area contributed by atoms with E-state index in [4.69, 9.17) is 17.0 Å². The van der Waals surface area contributed by atoms with Gasteiger partial charge in [0.05, 0.1) is 30.5 Å². The number of carboxylic acid groups (broad SMARTS) is 1. The third kappa shape index (κ3) is 4.90. The quantitative estimate of drug-likeness (QED) is 0.358. The zero-order valence-electron chi connectivity index (χ0n) is 19.9. The number of hydrogen-bond acceptors (Lipinski definition) is 5. The molecule has 1 aliphatic heterocycles. The van der Waals surface area contributed by atoms with Crippen molar-refractivity contribution in [1.82, 2.24) is 19.8 Å². The molecule has 0 amide bonds. The van der Waals surface area contributed by atoms with E-state index >= 15 is 0 Å². The van der Waals surface area contributed by atoms with Crippen molar-refractivity contribution in [2.45, 2.75) is 38.8 Å². The number of rotatable bonds is 8. The topological polar surface area (TPSA) is 96.7 Å². The maximum Gasteiger partial charge on any atom is 0.335 e. The monoisotopic (exact) mass is 492 g/mol. The van der Waals surface area contributed by atoms with Gasteiger partial charge in [-0.05, 0) is 80.5 Å². The minimum atomic E-state index is -0.954. The molecule has 3 heterocycles. The SMILES string of the molecule is COC(=O)CCCN1C(=S)N[C@H](c2ccccn2)[C@H]1c1cc(C)n(-c2ccc(C(=O)O)cc2)c1C. The van der Waals surface area contributed by atoms with Crippen molar-refractivity contribution in [2.75, 3.05) is 13.7 Å². The summed E-state index contributed by atoms with van der Waals surface area (Å²) in [4.78, 5) is 29.7. The molecule has 1 aliphatic rings. The molecular formula is C26H28N4O4S. The molecule has 2 atom stereocenters. The van der Waals surface area contributed by atoms with Gasteiger partial charge in [0.25, 0.3) is 0 Å². The summed E-state index contributed by atoms with van der Waals surface area (Å²) in [5, 5.41) is 13.3. The molecule has 1 aromatic carbocycles. The number of thiocarbonyl (C=S) groups is 1. The first-order valence-electron chi connectivity index (χ1n) is 11.4. The Morgan fingerprint density at radius 3 is 2.54 bits per heavy atom. The second-order valence-electron chi connectivity index (χ2n) is 8.51. The van der Waals surface area contributed by atoms with Gasteiger partial charge >= 0.3 is 11.9 Å². The molecule has 4 rings (SSSR count). The average Bonchev–Trinajstić information content (AvgIpc) is 3.34. The lowest BCUT2D eigenvalue weighted by atomic mass is 9.96. The summed E-state index contributed by atoms with van der Waals surface area (Å²) >= 11 is 5.73. The van der Waals surface area contributed by atoms with Gasteiger partial charge in [0.15, 0.2) is 5.11 Å². The zero-order valence-corrected chi connectivity index (χ0v) is 20.7. The Hall–Kier alpha value is -3.72. The molecule has 0 spiro atoms. The Kier molecular flexibility index (Phi) is 7.16. The van der Waals surface area contributed by atoms with Crippen molar-refractivity contribution in [1.29, 1.82) is 0 Å². The van der Waals surface area contributed by atoms with Gasteiger partial charge in [0, 0.05) is 36.2 Å². The molecule has 1 saturated heterocycles. The summed E-state index contributed by atoms with van der Waals surface area (Å²) in [5.41, 5.74) is 5.15. The number of nitrogens with one attached hydrogen (secondary N) is 1. The highest BCUT2D eigenvalue weighted by atomic mass is 32.1. The maximum absolute atomic E-state index is 11.7. The first-order chi connectivity index (χ1) is 16.8. The van der Waals surface area contributed by atoms with E-state index < -0.39 is 5.97 Å². The molecule has 0 radical (unpaired) electrons. The molecule has 2 N–H and O–H groups in total. The number of aromatic nitrogens is 2. The van der Waals surface area contributed by atoms with Crippen LogP contribution < -0.4 is 5.32 Å². The molecule has 2 aromatic heterocycles. The first kappa shape index (κ1) is 24.4. The van der Waals surface area contributed by atoms with Gasteiger partial charge in [0.2, 0.25) is 0 Å². The van der Waals surface area contributed by atoms with Gasteiger partial charge in [-0.2, -0.15) is 0 Å². The van der Waals surface area contributed by atoms with E-state index in [1.54, 1.807) is 18.3 Å². The Labute approximate surface area is 209 Å². The molecule has 0 saturated carbocycles. The highest BCUT2D eigenvalue weighted by molar-refractivity contribution is 7.80. The van der Waals surface area contributed by atoms with Crippen molar-refractivity contribution in [2.24, 2.45) is 0 Å². The van der Waals surface area contributed by atoms with E-state index in [0.717, 1.165) is 28.3 Å². The van der Waals surface area contributed by atoms with E-state index in [0.29, 0.717) is 24.5 Å². The van der Waals surface area contributed by atoms with Crippen molar-refractivity contribution >= 4 is 29.3 Å². The van der Waals surface area contributed by atoms with Gasteiger partial charge < -0.3 is 24.6 Å². The number of carbonyl (C=O) groups excluding carboxylic acids is 1. The Balaban J connectivity index is 1.73. The highest BCUT2D eigenvalue weighted by Crippen LogP contribution is 2.41. The van der Waals surface area contributed by atoms with Crippen molar-refractivity contribution in [3.05, 3.63) is 82.9 Å². The van der Waals surface area contributed by atoms with Crippen LogP contribution in [0, 0.1) is 13.8 Å². The maximum atomic E-state index is 11.7. The zero-order chi connectivity index (χ0) is 25.1. The molecule has 0 aliphatic carbocycles. The summed E-state index contributed by atoms with van der Waals surface area (Å²) in [5.74, 6) is -1.20. The first-order valence-corrected chi connectivity index (χ1v) is 11.8. The van der Waals surface area contributed by atoms with E-state index in [1.165, 1.54) is 7.11 Å². The number of carboxylic acids is 1. The van der Waals surface area contributed by atoms with Crippen LogP contribution in [0.1, 0.15) is 57.9 Å². The molecular weight excluding hydrogens is 464 g/mol. The van der Waals surface area contributed by atoms with Crippen LogP contribution in [0.15, 0.2) is 54.7 Å². The van der Waals surface area contributed by atoms with Crippen LogP contribution in [0.25, 0.3) is 5.69 Å². The van der Waals surface area contributed by atoms with Crippen LogP contribution in [0.4, 0.5) is 0 Å². The van der Waals surface area contributed by atoms with Crippen molar-refractivity contribution in [3.63, 3.8) is 0 Å². The van der Waals surface area contributed by atoms with Gasteiger partial charge in [-0.25, -0.2) is 4.79 Å². The third-order valence-corrected chi connectivity index (χ3v) is 6.72. The highest BCUT2D eigenvalue weighted by Gasteiger charge is 2.41. The van der Waals surface area contributed by atoms with Gasteiger partial charge in [-0.1, -0.05) is 6.07 Å². The van der Waals surface area contributed by atoms with E-state index in [2.05, 4.69) is 32.8 Å². The predicted molar refractivity (Wildman–Crippen MR) is 136 cm³/mol. The number of methoxy groups -OCH3 is 1. The predicted octanol–water partition coefficient (Wildman–Crippen LogP) is 4.11. The molecule has 35 heavy (non-hydrogen) atoms. The number of hydrogen-bond donors (Lipinski definition) is 2. The Morgan fingerprint density at radius 1 is 1.17 bits per heavy atom. The number of carbonyl (C=O) groups is 2. The van der Waals surface area contributed by atoms with Gasteiger partial charge in [-0.3, -0.25) is 9.78 Å². The van der Waals surface area contributed by atoms with Crippen LogP contribution in [-0.4, -0.2) is 50.3 Å². The van der Waals surface area contributed by atoms with Crippen LogP contribution >= 0.6 is 12.2 Å². The van der Waals surface area contributed by atoms with Crippen LogP contribution in [-0.2, 0) is 9.53 Å². The third-order valence-electron chi connectivity index (χ3n) is 6.37. The van der Waals surface area contributed by atoms with E-state index in [9.17, 15) is 14.7 Å². The lowest BCUT2D eigenvalue weighted by Gasteiger charge is -2.28. The molecule has 182 valence electrons. The number of aryl methyl sites for hydroxylation is 1. The number of benzene rings is 1. The standard InChI is InChI=1S/C26H28N4O4S/c1-16-15-20(17(2)30(16)19-11-9-18(10-12-19)25(32)33)24-23(21-7-4-5-13-27-21)28-26(35)29(24)14-6-8-22(31)34-3/h4-5,7,9-13,15,23-24H,6,8,14H2,1-3H3,(H,28,35)(H,32,33)/t23-,24-/m1/s1. The second-order valence-corrected chi connectivity index (χ2v) is 8.90. The fourth-order valence-electron chi connectivity index (χ4n) is 4.72. The van der Waals surface area contributed by atoms with Gasteiger partial charge in [0.1, 0.15) is 0 Å². The van der Waals surface area contributed by atoms with E-state index in [1.807, 2.05) is 37.3 Å². The number of pyridine rings is 1.